The quantitative estimate of drug-likeness (QED) is 0.811. The molecule has 0 fully saturated rings. The van der Waals surface area contributed by atoms with Crippen molar-refractivity contribution in [3.63, 3.8) is 0 Å². The molecule has 1 aromatic rings. The van der Waals surface area contributed by atoms with Gasteiger partial charge in [-0.1, -0.05) is 11.6 Å². The summed E-state index contributed by atoms with van der Waals surface area (Å²) in [5.41, 5.74) is 1.18. The van der Waals surface area contributed by atoms with E-state index in [1.165, 1.54) is 30.7 Å². The van der Waals surface area contributed by atoms with E-state index in [0.717, 1.165) is 23.9 Å². The molecule has 1 aliphatic rings. The first kappa shape index (κ1) is 13.5. The predicted octanol–water partition coefficient (Wildman–Crippen LogP) is 1.25. The van der Waals surface area contributed by atoms with Gasteiger partial charge in [-0.15, -0.1) is 0 Å². The number of hydrogen-bond acceptors (Lipinski definition) is 3. The van der Waals surface area contributed by atoms with Crippen LogP contribution in [0.2, 0.25) is 0 Å². The number of nitrogens with zero attached hydrogens (tertiary/aromatic N) is 2. The molecule has 0 unspecified atom stereocenters. The smallest absolute Gasteiger partial charge is 0.267 e. The minimum Gasteiger partial charge on any atom is -0.354 e. The molecule has 0 saturated heterocycles. The maximum absolute atomic E-state index is 11.7. The molecule has 0 aromatic carbocycles. The van der Waals surface area contributed by atoms with Gasteiger partial charge < -0.3 is 5.32 Å². The number of rotatable bonds is 5. The fourth-order valence-corrected chi connectivity index (χ4v) is 2.19. The number of carbonyl (C=O) groups excluding carboxylic acids is 1. The van der Waals surface area contributed by atoms with Crippen molar-refractivity contribution in [3.05, 3.63) is 40.3 Å². The Bertz CT molecular complexity index is 519. The second-order valence-electron chi connectivity index (χ2n) is 4.73. The van der Waals surface area contributed by atoms with E-state index in [9.17, 15) is 9.59 Å². The molecule has 0 radical (unpaired) electrons. The Morgan fingerprint density at radius 3 is 3.05 bits per heavy atom. The van der Waals surface area contributed by atoms with Gasteiger partial charge in [0, 0.05) is 18.8 Å². The first-order valence-electron chi connectivity index (χ1n) is 6.72. The van der Waals surface area contributed by atoms with E-state index in [4.69, 9.17) is 0 Å². The van der Waals surface area contributed by atoms with Crippen LogP contribution in [0.15, 0.2) is 34.8 Å². The molecule has 2 rings (SSSR count). The largest absolute Gasteiger partial charge is 0.354 e. The van der Waals surface area contributed by atoms with Crippen LogP contribution in [0.4, 0.5) is 0 Å². The highest BCUT2D eigenvalue weighted by Crippen LogP contribution is 2.19. The molecule has 19 heavy (non-hydrogen) atoms. The third kappa shape index (κ3) is 4.35. The van der Waals surface area contributed by atoms with Crippen LogP contribution in [-0.4, -0.2) is 22.2 Å². The van der Waals surface area contributed by atoms with Crippen molar-refractivity contribution < 1.29 is 4.79 Å². The summed E-state index contributed by atoms with van der Waals surface area (Å²) in [6, 6.07) is 2.96. The zero-order valence-corrected chi connectivity index (χ0v) is 11.0. The monoisotopic (exact) mass is 261 g/mol. The van der Waals surface area contributed by atoms with Crippen LogP contribution in [0.1, 0.15) is 32.1 Å². The number of nitrogens with one attached hydrogen (secondary N) is 1. The second-order valence-corrected chi connectivity index (χ2v) is 4.73. The SMILES string of the molecule is O=C(Cn1ncccc1=O)NCCC1=CCCCC1. The minimum atomic E-state index is -0.257. The molecule has 1 heterocycles. The van der Waals surface area contributed by atoms with Crippen molar-refractivity contribution in [2.45, 2.75) is 38.6 Å². The minimum absolute atomic E-state index is 0.0152. The Balaban J connectivity index is 1.74. The maximum Gasteiger partial charge on any atom is 0.267 e. The summed E-state index contributed by atoms with van der Waals surface area (Å²) >= 11 is 0. The van der Waals surface area contributed by atoms with Crippen LogP contribution in [0.25, 0.3) is 0 Å². The number of hydrogen-bond donors (Lipinski definition) is 1. The molecule has 1 aliphatic carbocycles. The van der Waals surface area contributed by atoms with Gasteiger partial charge in [-0.3, -0.25) is 9.59 Å². The summed E-state index contributed by atoms with van der Waals surface area (Å²) in [6.07, 6.45) is 9.52. The van der Waals surface area contributed by atoms with E-state index in [2.05, 4.69) is 16.5 Å². The number of amides is 1. The van der Waals surface area contributed by atoms with Crippen molar-refractivity contribution in [2.75, 3.05) is 6.54 Å². The van der Waals surface area contributed by atoms with E-state index in [1.54, 1.807) is 6.07 Å². The maximum atomic E-state index is 11.7. The molecule has 0 saturated carbocycles. The fourth-order valence-electron chi connectivity index (χ4n) is 2.19. The Labute approximate surface area is 112 Å². The standard InChI is InChI=1S/C14H19N3O2/c18-13(11-17-14(19)7-4-9-16-17)15-10-8-12-5-2-1-3-6-12/h4-5,7,9H,1-3,6,8,10-11H2,(H,15,18). The molecule has 0 aliphatic heterocycles. The van der Waals surface area contributed by atoms with E-state index in [1.807, 2.05) is 0 Å². The molecule has 102 valence electrons. The van der Waals surface area contributed by atoms with Crippen molar-refractivity contribution in [1.29, 1.82) is 0 Å². The lowest BCUT2D eigenvalue weighted by Crippen LogP contribution is -2.33. The lowest BCUT2D eigenvalue weighted by molar-refractivity contribution is -0.121. The average Bonchev–Trinajstić information content (AvgIpc) is 2.43. The van der Waals surface area contributed by atoms with Crippen LogP contribution in [-0.2, 0) is 11.3 Å². The molecular formula is C14H19N3O2. The highest BCUT2D eigenvalue weighted by Gasteiger charge is 2.06. The van der Waals surface area contributed by atoms with Gasteiger partial charge in [0.25, 0.3) is 5.56 Å². The number of aromatic nitrogens is 2. The van der Waals surface area contributed by atoms with Gasteiger partial charge in [-0.25, -0.2) is 4.68 Å². The van der Waals surface area contributed by atoms with Gasteiger partial charge in [0.15, 0.2) is 0 Å². The second kappa shape index (κ2) is 6.87. The molecule has 0 atom stereocenters. The van der Waals surface area contributed by atoms with Gasteiger partial charge in [0.2, 0.25) is 5.91 Å². The van der Waals surface area contributed by atoms with Crippen molar-refractivity contribution >= 4 is 5.91 Å². The Morgan fingerprint density at radius 1 is 1.42 bits per heavy atom. The first-order valence-corrected chi connectivity index (χ1v) is 6.72. The van der Waals surface area contributed by atoms with Gasteiger partial charge in [0.05, 0.1) is 0 Å². The van der Waals surface area contributed by atoms with Crippen molar-refractivity contribution in [3.8, 4) is 0 Å². The topological polar surface area (TPSA) is 64.0 Å². The zero-order valence-electron chi connectivity index (χ0n) is 11.0. The molecule has 1 N–H and O–H groups in total. The van der Waals surface area contributed by atoms with Crippen LogP contribution in [0.3, 0.4) is 0 Å². The van der Waals surface area contributed by atoms with Gasteiger partial charge in [0.1, 0.15) is 6.54 Å². The molecule has 1 aromatic heterocycles. The normalized spacial score (nSPS) is 14.8. The third-order valence-electron chi connectivity index (χ3n) is 3.23. The van der Waals surface area contributed by atoms with Crippen molar-refractivity contribution in [1.82, 2.24) is 15.1 Å². The summed E-state index contributed by atoms with van der Waals surface area (Å²) in [6.45, 7) is 0.616. The highest BCUT2D eigenvalue weighted by molar-refractivity contribution is 5.75. The third-order valence-corrected chi connectivity index (χ3v) is 3.23. The molecule has 1 amide bonds. The molecule has 5 nitrogen and oxygen atoms in total. The predicted molar refractivity (Wildman–Crippen MR) is 72.7 cm³/mol. The summed E-state index contributed by atoms with van der Waals surface area (Å²) in [4.78, 5) is 23.1. The molecule has 0 spiro atoms. The average molecular weight is 261 g/mol. The van der Waals surface area contributed by atoms with E-state index in [0.29, 0.717) is 6.54 Å². The van der Waals surface area contributed by atoms with Gasteiger partial charge in [-0.2, -0.15) is 5.10 Å². The van der Waals surface area contributed by atoms with Crippen LogP contribution in [0.5, 0.6) is 0 Å². The highest BCUT2D eigenvalue weighted by atomic mass is 16.2. The number of allylic oxidation sites excluding steroid dienone is 1. The Kier molecular flexibility index (Phi) is 4.89. The molecule has 5 heteroatoms. The lowest BCUT2D eigenvalue weighted by Gasteiger charge is -2.13. The molecular weight excluding hydrogens is 242 g/mol. The lowest BCUT2D eigenvalue weighted by atomic mass is 9.97. The van der Waals surface area contributed by atoms with E-state index < -0.39 is 0 Å². The first-order chi connectivity index (χ1) is 9.25. The summed E-state index contributed by atoms with van der Waals surface area (Å²) in [7, 11) is 0. The van der Waals surface area contributed by atoms with Crippen LogP contribution >= 0.6 is 0 Å². The fraction of sp³-hybridized carbons (Fsp3) is 0.500. The zero-order chi connectivity index (χ0) is 13.5. The summed E-state index contributed by atoms with van der Waals surface area (Å²) in [5, 5.41) is 6.67. The summed E-state index contributed by atoms with van der Waals surface area (Å²) < 4.78 is 1.16. The Hall–Kier alpha value is -1.91. The summed E-state index contributed by atoms with van der Waals surface area (Å²) in [5.74, 6) is -0.169. The van der Waals surface area contributed by atoms with E-state index >= 15 is 0 Å². The molecule has 0 bridgehead atoms. The van der Waals surface area contributed by atoms with Crippen LogP contribution in [0, 0.1) is 0 Å². The van der Waals surface area contributed by atoms with Crippen molar-refractivity contribution in [2.24, 2.45) is 0 Å². The van der Waals surface area contributed by atoms with Crippen LogP contribution < -0.4 is 10.9 Å². The van der Waals surface area contributed by atoms with E-state index in [-0.39, 0.29) is 18.0 Å². The number of carbonyl (C=O) groups is 1. The van der Waals surface area contributed by atoms with Gasteiger partial charge in [-0.05, 0) is 38.2 Å². The van der Waals surface area contributed by atoms with Gasteiger partial charge >= 0.3 is 0 Å². The Morgan fingerprint density at radius 2 is 2.32 bits per heavy atom.